The van der Waals surface area contributed by atoms with Crippen molar-refractivity contribution in [1.29, 1.82) is 0 Å². The van der Waals surface area contributed by atoms with E-state index in [0.29, 0.717) is 35.1 Å². The van der Waals surface area contributed by atoms with Crippen molar-refractivity contribution < 1.29 is 23.5 Å². The number of likely N-dealkylation sites (N-methyl/N-ethyl adjacent to an activating group) is 1. The zero-order valence-corrected chi connectivity index (χ0v) is 24.0. The van der Waals surface area contributed by atoms with Crippen molar-refractivity contribution in [2.75, 3.05) is 13.6 Å². The number of halogens is 3. The maximum Gasteiger partial charge on any atom is 0.411 e. The third-order valence-electron chi connectivity index (χ3n) is 6.03. The van der Waals surface area contributed by atoms with Crippen LogP contribution in [0.25, 0.3) is 0 Å². The predicted molar refractivity (Wildman–Crippen MR) is 148 cm³/mol. The van der Waals surface area contributed by atoms with Gasteiger partial charge in [-0.25, -0.2) is 9.18 Å². The summed E-state index contributed by atoms with van der Waals surface area (Å²) < 4.78 is 26.7. The molecule has 0 spiro atoms. The second kappa shape index (κ2) is 11.3. The Morgan fingerprint density at radius 2 is 1.89 bits per heavy atom. The number of fused-ring (bicyclic) bond motifs is 1. The summed E-state index contributed by atoms with van der Waals surface area (Å²) in [6, 6.07) is 15.8. The van der Waals surface area contributed by atoms with Gasteiger partial charge in [-0.05, 0) is 86.8 Å². The highest BCUT2D eigenvalue weighted by molar-refractivity contribution is 9.10. The summed E-state index contributed by atoms with van der Waals surface area (Å²) in [5.74, 6) is 0.0973. The van der Waals surface area contributed by atoms with Crippen LogP contribution in [0.1, 0.15) is 43.5 Å². The van der Waals surface area contributed by atoms with Gasteiger partial charge in [0.2, 0.25) is 5.91 Å². The highest BCUT2D eigenvalue weighted by atomic mass is 79.9. The van der Waals surface area contributed by atoms with Crippen LogP contribution >= 0.6 is 27.5 Å². The fourth-order valence-corrected chi connectivity index (χ4v) is 4.90. The first-order chi connectivity index (χ1) is 17.9. The number of nitrogens with zero attached hydrogens (tertiary/aromatic N) is 2. The molecule has 0 aliphatic carbocycles. The number of rotatable bonds is 5. The van der Waals surface area contributed by atoms with Crippen LogP contribution in [0.5, 0.6) is 11.5 Å². The Balaban J connectivity index is 1.65. The Morgan fingerprint density at radius 1 is 1.13 bits per heavy atom. The van der Waals surface area contributed by atoms with Crippen LogP contribution in [0.4, 0.5) is 9.18 Å². The third-order valence-corrected chi connectivity index (χ3v) is 6.76. The third kappa shape index (κ3) is 6.66. The monoisotopic (exact) mass is 602 g/mol. The molecular weight excluding hydrogens is 575 g/mol. The molecule has 1 heterocycles. The molecule has 0 fully saturated rings. The fraction of sp³-hybridized carbons (Fsp3) is 0.310. The Labute approximate surface area is 235 Å². The summed E-state index contributed by atoms with van der Waals surface area (Å²) in [5, 5.41) is 0.503. The van der Waals surface area contributed by atoms with Gasteiger partial charge < -0.3 is 14.4 Å². The maximum atomic E-state index is 14.3. The summed E-state index contributed by atoms with van der Waals surface area (Å²) >= 11 is 9.57. The maximum absolute atomic E-state index is 14.3. The standard InChI is InChI=1S/C29H29BrClFN2O4/c1-29(2,3)38-28(36)34-13-12-18-8-9-20(30)15-24(18)26(34)27(35)33(4)17-19-14-22(32)10-11-25(19)37-23-7-5-6-21(31)16-23/h5-11,14-16,26H,12-13,17H2,1-4H3. The zero-order valence-electron chi connectivity index (χ0n) is 21.6. The van der Waals surface area contributed by atoms with Crippen LogP contribution in [0.3, 0.4) is 0 Å². The number of hydrogen-bond acceptors (Lipinski definition) is 4. The first kappa shape index (κ1) is 27.9. The van der Waals surface area contributed by atoms with E-state index in [9.17, 15) is 14.0 Å². The van der Waals surface area contributed by atoms with Gasteiger partial charge in [-0.1, -0.05) is 39.7 Å². The molecule has 1 unspecified atom stereocenters. The highest BCUT2D eigenvalue weighted by Crippen LogP contribution is 2.35. The molecule has 1 aliphatic rings. The SMILES string of the molecule is CN(Cc1cc(F)ccc1Oc1cccc(Cl)c1)C(=O)C1c2cc(Br)ccc2CCN1C(=O)OC(C)(C)C. The lowest BCUT2D eigenvalue weighted by Gasteiger charge is -2.39. The molecule has 0 bridgehead atoms. The van der Waals surface area contributed by atoms with E-state index in [1.807, 2.05) is 18.2 Å². The smallest absolute Gasteiger partial charge is 0.411 e. The van der Waals surface area contributed by atoms with E-state index in [2.05, 4.69) is 15.9 Å². The number of carbonyl (C=O) groups excluding carboxylic acids is 2. The van der Waals surface area contributed by atoms with E-state index in [4.69, 9.17) is 21.1 Å². The summed E-state index contributed by atoms with van der Waals surface area (Å²) in [5.41, 5.74) is 1.45. The summed E-state index contributed by atoms with van der Waals surface area (Å²) in [7, 11) is 1.62. The van der Waals surface area contributed by atoms with Gasteiger partial charge in [-0.2, -0.15) is 0 Å². The van der Waals surface area contributed by atoms with Crippen LogP contribution in [-0.2, 0) is 22.5 Å². The number of benzene rings is 3. The molecular formula is C29H29BrClFN2O4. The molecule has 200 valence electrons. The van der Waals surface area contributed by atoms with Crippen LogP contribution in [0.15, 0.2) is 65.1 Å². The first-order valence-corrected chi connectivity index (χ1v) is 13.3. The average molecular weight is 604 g/mol. The van der Waals surface area contributed by atoms with Crippen molar-refractivity contribution in [3.8, 4) is 11.5 Å². The van der Waals surface area contributed by atoms with E-state index >= 15 is 0 Å². The first-order valence-electron chi connectivity index (χ1n) is 12.2. The van der Waals surface area contributed by atoms with Crippen LogP contribution in [0.2, 0.25) is 5.02 Å². The number of ether oxygens (including phenoxy) is 2. The minimum Gasteiger partial charge on any atom is -0.457 e. The van der Waals surface area contributed by atoms with Gasteiger partial charge in [0.15, 0.2) is 0 Å². The van der Waals surface area contributed by atoms with Gasteiger partial charge in [0.25, 0.3) is 0 Å². The van der Waals surface area contributed by atoms with Gasteiger partial charge in [0.05, 0.1) is 0 Å². The van der Waals surface area contributed by atoms with Crippen LogP contribution in [-0.4, -0.2) is 41.0 Å². The Kier molecular flexibility index (Phi) is 8.33. The van der Waals surface area contributed by atoms with E-state index in [1.54, 1.807) is 52.1 Å². The molecule has 4 rings (SSSR count). The Morgan fingerprint density at radius 3 is 2.61 bits per heavy atom. The van der Waals surface area contributed by atoms with E-state index in [-0.39, 0.29) is 12.5 Å². The summed E-state index contributed by atoms with van der Waals surface area (Å²) in [6.07, 6.45) is 0.0299. The van der Waals surface area contributed by atoms with Gasteiger partial charge in [0, 0.05) is 35.2 Å². The minimum absolute atomic E-state index is 0.0501. The Hall–Kier alpha value is -3.10. The fourth-order valence-electron chi connectivity index (χ4n) is 4.34. The van der Waals surface area contributed by atoms with Gasteiger partial charge in [0.1, 0.15) is 29.0 Å². The van der Waals surface area contributed by atoms with Crippen LogP contribution in [0, 0.1) is 5.82 Å². The van der Waals surface area contributed by atoms with Crippen molar-refractivity contribution in [2.24, 2.45) is 0 Å². The molecule has 2 amide bonds. The molecule has 38 heavy (non-hydrogen) atoms. The van der Waals surface area contributed by atoms with E-state index < -0.39 is 23.6 Å². The van der Waals surface area contributed by atoms with Gasteiger partial charge in [-0.3, -0.25) is 9.69 Å². The second-order valence-corrected chi connectivity index (χ2v) is 11.5. The molecule has 0 radical (unpaired) electrons. The van der Waals surface area contributed by atoms with Crippen molar-refractivity contribution >= 4 is 39.5 Å². The highest BCUT2D eigenvalue weighted by Gasteiger charge is 2.39. The lowest BCUT2D eigenvalue weighted by atomic mass is 9.92. The zero-order chi connectivity index (χ0) is 27.6. The number of hydrogen-bond donors (Lipinski definition) is 0. The molecule has 9 heteroatoms. The molecule has 1 atom stereocenters. The minimum atomic E-state index is -0.901. The van der Waals surface area contributed by atoms with Crippen LogP contribution < -0.4 is 4.74 Å². The van der Waals surface area contributed by atoms with Crippen molar-refractivity contribution in [2.45, 2.75) is 45.4 Å². The predicted octanol–water partition coefficient (Wildman–Crippen LogP) is 7.53. The second-order valence-electron chi connectivity index (χ2n) is 10.2. The van der Waals surface area contributed by atoms with E-state index in [1.165, 1.54) is 28.0 Å². The quantitative estimate of drug-likeness (QED) is 0.303. The largest absolute Gasteiger partial charge is 0.457 e. The van der Waals surface area contributed by atoms with Crippen molar-refractivity contribution in [3.05, 3.63) is 92.7 Å². The molecule has 0 saturated carbocycles. The molecule has 6 nitrogen and oxygen atoms in total. The molecule has 1 aliphatic heterocycles. The van der Waals surface area contributed by atoms with Gasteiger partial charge >= 0.3 is 6.09 Å². The topological polar surface area (TPSA) is 59.1 Å². The molecule has 3 aromatic rings. The lowest BCUT2D eigenvalue weighted by molar-refractivity contribution is -0.136. The van der Waals surface area contributed by atoms with E-state index in [0.717, 1.165) is 15.6 Å². The summed E-state index contributed by atoms with van der Waals surface area (Å²) in [6.45, 7) is 5.74. The van der Waals surface area contributed by atoms with Gasteiger partial charge in [-0.15, -0.1) is 0 Å². The molecule has 0 saturated heterocycles. The molecule has 0 N–H and O–H groups in total. The number of carbonyl (C=O) groups is 2. The van der Waals surface area contributed by atoms with Crippen molar-refractivity contribution in [3.63, 3.8) is 0 Å². The van der Waals surface area contributed by atoms with Crippen molar-refractivity contribution in [1.82, 2.24) is 9.80 Å². The average Bonchev–Trinajstić information content (AvgIpc) is 2.83. The molecule has 0 aromatic heterocycles. The Bertz CT molecular complexity index is 1360. The number of amides is 2. The molecule has 3 aromatic carbocycles. The normalized spacial score (nSPS) is 15.0. The lowest BCUT2D eigenvalue weighted by Crippen LogP contribution is -2.49. The summed E-state index contributed by atoms with van der Waals surface area (Å²) in [4.78, 5) is 30.1.